The van der Waals surface area contributed by atoms with E-state index in [1.165, 1.54) is 103 Å². The quantitative estimate of drug-likeness (QED) is 0.0633. The van der Waals surface area contributed by atoms with E-state index < -0.39 is 13.6 Å². The molecule has 5 nitrogen and oxygen atoms in total. The first-order valence-electron chi connectivity index (χ1n) is 14.6. The highest BCUT2D eigenvalue weighted by molar-refractivity contribution is 7.54. The predicted octanol–water partition coefficient (Wildman–Crippen LogP) is 9.62. The molecule has 0 aromatic rings. The van der Waals surface area contributed by atoms with Crippen molar-refractivity contribution in [2.45, 2.75) is 149 Å². The summed E-state index contributed by atoms with van der Waals surface area (Å²) in [7, 11) is -3.43. The molecule has 0 aliphatic carbocycles. The highest BCUT2D eigenvalue weighted by atomic mass is 31.2. The van der Waals surface area contributed by atoms with Crippen molar-refractivity contribution in [2.75, 3.05) is 26.0 Å². The molecule has 0 heterocycles. The zero-order chi connectivity index (χ0) is 25.2. The fourth-order valence-corrected chi connectivity index (χ4v) is 5.56. The second-order valence-electron chi connectivity index (χ2n) is 9.60. The molecular formula is C28H57O5P. The summed E-state index contributed by atoms with van der Waals surface area (Å²) in [6.07, 6.45) is 24.4. The highest BCUT2D eigenvalue weighted by Gasteiger charge is 2.29. The SMILES string of the molecule is CCCCCCCCCCCCOP(=O)(CC(=O)OCC)OCCCCCCCCCCCC. The van der Waals surface area contributed by atoms with Crippen molar-refractivity contribution in [3.63, 3.8) is 0 Å². The van der Waals surface area contributed by atoms with Gasteiger partial charge < -0.3 is 13.8 Å². The Bertz CT molecular complexity index is 453. The van der Waals surface area contributed by atoms with Gasteiger partial charge in [-0.25, -0.2) is 0 Å². The van der Waals surface area contributed by atoms with Crippen molar-refractivity contribution in [1.29, 1.82) is 0 Å². The summed E-state index contributed by atoms with van der Waals surface area (Å²) < 4.78 is 29.3. The van der Waals surface area contributed by atoms with Gasteiger partial charge >= 0.3 is 13.6 Å². The fraction of sp³-hybridized carbons (Fsp3) is 0.964. The molecule has 0 unspecified atom stereocenters. The van der Waals surface area contributed by atoms with E-state index in [0.29, 0.717) is 13.2 Å². The molecule has 0 bridgehead atoms. The summed E-state index contributed by atoms with van der Waals surface area (Å²) in [5.41, 5.74) is 0. The molecule has 0 rings (SSSR count). The average molecular weight is 505 g/mol. The average Bonchev–Trinajstić information content (AvgIpc) is 2.81. The van der Waals surface area contributed by atoms with Crippen LogP contribution in [-0.2, 0) is 23.1 Å². The molecule has 0 atom stereocenters. The van der Waals surface area contributed by atoms with Gasteiger partial charge in [-0.1, -0.05) is 129 Å². The van der Waals surface area contributed by atoms with Crippen LogP contribution in [0.5, 0.6) is 0 Å². The van der Waals surface area contributed by atoms with E-state index in [-0.39, 0.29) is 12.8 Å². The summed E-state index contributed by atoms with van der Waals surface area (Å²) in [5, 5.41) is 0. The van der Waals surface area contributed by atoms with Crippen LogP contribution >= 0.6 is 7.60 Å². The highest BCUT2D eigenvalue weighted by Crippen LogP contribution is 2.48. The summed E-state index contributed by atoms with van der Waals surface area (Å²) in [5.74, 6) is -0.503. The van der Waals surface area contributed by atoms with Crippen molar-refractivity contribution in [2.24, 2.45) is 0 Å². The van der Waals surface area contributed by atoms with Crippen LogP contribution in [0.4, 0.5) is 0 Å². The minimum atomic E-state index is -3.43. The third-order valence-electron chi connectivity index (χ3n) is 6.20. The van der Waals surface area contributed by atoms with E-state index in [1.807, 2.05) is 0 Å². The van der Waals surface area contributed by atoms with Crippen molar-refractivity contribution in [3.8, 4) is 0 Å². The van der Waals surface area contributed by atoms with E-state index in [1.54, 1.807) is 6.92 Å². The van der Waals surface area contributed by atoms with Gasteiger partial charge in [0.05, 0.1) is 19.8 Å². The van der Waals surface area contributed by atoms with Crippen molar-refractivity contribution < 1.29 is 23.1 Å². The third kappa shape index (κ3) is 23.4. The van der Waals surface area contributed by atoms with Crippen LogP contribution in [0, 0.1) is 0 Å². The minimum absolute atomic E-state index is 0.274. The monoisotopic (exact) mass is 504 g/mol. The van der Waals surface area contributed by atoms with Gasteiger partial charge in [-0.05, 0) is 19.8 Å². The lowest BCUT2D eigenvalue weighted by Crippen LogP contribution is -2.13. The number of rotatable bonds is 27. The van der Waals surface area contributed by atoms with Crippen molar-refractivity contribution in [1.82, 2.24) is 0 Å². The summed E-state index contributed by atoms with van der Waals surface area (Å²) in [6, 6.07) is 0. The lowest BCUT2D eigenvalue weighted by Gasteiger charge is -2.18. The zero-order valence-corrected chi connectivity index (χ0v) is 23.9. The first-order chi connectivity index (χ1) is 16.6. The number of carbonyl (C=O) groups is 1. The van der Waals surface area contributed by atoms with Gasteiger partial charge in [-0.15, -0.1) is 0 Å². The van der Waals surface area contributed by atoms with Gasteiger partial charge in [-0.3, -0.25) is 9.36 Å². The Morgan fingerprint density at radius 1 is 0.529 bits per heavy atom. The number of hydrogen-bond acceptors (Lipinski definition) is 5. The number of unbranched alkanes of at least 4 members (excludes halogenated alkanes) is 18. The Kier molecular flexibility index (Phi) is 25.4. The molecule has 0 saturated heterocycles. The van der Waals surface area contributed by atoms with Crippen LogP contribution in [0.2, 0.25) is 0 Å². The summed E-state index contributed by atoms with van der Waals surface area (Å²) in [4.78, 5) is 11.9. The summed E-state index contributed by atoms with van der Waals surface area (Å²) in [6.45, 7) is 7.28. The molecule has 6 heteroatoms. The lowest BCUT2D eigenvalue weighted by molar-refractivity contribution is -0.140. The zero-order valence-electron chi connectivity index (χ0n) is 23.0. The number of esters is 1. The van der Waals surface area contributed by atoms with Gasteiger partial charge in [0.2, 0.25) is 0 Å². The Morgan fingerprint density at radius 2 is 0.853 bits per heavy atom. The van der Waals surface area contributed by atoms with Crippen molar-refractivity contribution in [3.05, 3.63) is 0 Å². The van der Waals surface area contributed by atoms with Crippen LogP contribution < -0.4 is 0 Å². The van der Waals surface area contributed by atoms with E-state index in [2.05, 4.69) is 13.8 Å². The van der Waals surface area contributed by atoms with Crippen LogP contribution in [-0.4, -0.2) is 32.0 Å². The number of hydrogen-bond donors (Lipinski definition) is 0. The Hall–Kier alpha value is -0.380. The predicted molar refractivity (Wildman–Crippen MR) is 145 cm³/mol. The second kappa shape index (κ2) is 25.7. The smallest absolute Gasteiger partial charge is 0.341 e. The molecule has 0 aliphatic rings. The van der Waals surface area contributed by atoms with Gasteiger partial charge in [0.25, 0.3) is 0 Å². The normalized spacial score (nSPS) is 11.7. The van der Waals surface area contributed by atoms with Gasteiger partial charge in [0, 0.05) is 0 Å². The molecule has 0 aromatic carbocycles. The van der Waals surface area contributed by atoms with Crippen LogP contribution in [0.3, 0.4) is 0 Å². The fourth-order valence-electron chi connectivity index (χ4n) is 4.08. The maximum atomic E-state index is 13.1. The van der Waals surface area contributed by atoms with Crippen LogP contribution in [0.15, 0.2) is 0 Å². The molecule has 0 spiro atoms. The van der Waals surface area contributed by atoms with Gasteiger partial charge in [0.1, 0.15) is 6.16 Å². The van der Waals surface area contributed by atoms with E-state index in [9.17, 15) is 9.36 Å². The maximum absolute atomic E-state index is 13.1. The first-order valence-corrected chi connectivity index (χ1v) is 16.3. The molecule has 204 valence electrons. The lowest BCUT2D eigenvalue weighted by atomic mass is 10.1. The number of ether oxygens (including phenoxy) is 1. The Labute approximate surface area is 212 Å². The Balaban J connectivity index is 3.95. The molecule has 0 aromatic heterocycles. The van der Waals surface area contributed by atoms with E-state index in [4.69, 9.17) is 13.8 Å². The molecule has 0 saturated carbocycles. The molecule has 0 fully saturated rings. The third-order valence-corrected chi connectivity index (χ3v) is 8.00. The Morgan fingerprint density at radius 3 is 1.18 bits per heavy atom. The summed E-state index contributed by atoms with van der Waals surface area (Å²) >= 11 is 0. The van der Waals surface area contributed by atoms with E-state index in [0.717, 1.165) is 25.7 Å². The number of carbonyl (C=O) groups excluding carboxylic acids is 1. The molecule has 0 N–H and O–H groups in total. The standard InChI is InChI=1S/C28H57O5P/c1-4-7-9-11-13-15-17-19-21-23-25-32-34(30,27-28(29)31-6-3)33-26-24-22-20-18-16-14-12-10-8-5-2/h4-27H2,1-3H3. The van der Waals surface area contributed by atoms with E-state index >= 15 is 0 Å². The van der Waals surface area contributed by atoms with Crippen molar-refractivity contribution >= 4 is 13.6 Å². The second-order valence-corrected chi connectivity index (χ2v) is 11.7. The first kappa shape index (κ1) is 33.6. The molecular weight excluding hydrogens is 447 g/mol. The topological polar surface area (TPSA) is 61.8 Å². The maximum Gasteiger partial charge on any atom is 0.341 e. The molecule has 0 radical (unpaired) electrons. The van der Waals surface area contributed by atoms with Crippen LogP contribution in [0.25, 0.3) is 0 Å². The molecule has 0 amide bonds. The van der Waals surface area contributed by atoms with Gasteiger partial charge in [-0.2, -0.15) is 0 Å². The van der Waals surface area contributed by atoms with Gasteiger partial charge in [0.15, 0.2) is 0 Å². The molecule has 34 heavy (non-hydrogen) atoms. The minimum Gasteiger partial charge on any atom is -0.466 e. The molecule has 0 aliphatic heterocycles. The van der Waals surface area contributed by atoms with Crippen LogP contribution in [0.1, 0.15) is 149 Å². The largest absolute Gasteiger partial charge is 0.466 e.